The summed E-state index contributed by atoms with van der Waals surface area (Å²) >= 11 is 0. The number of rotatable bonds is 9. The van der Waals surface area contributed by atoms with E-state index in [0.29, 0.717) is 24.0 Å². The number of aliphatic hydroxyl groups is 1. The average Bonchev–Trinajstić information content (AvgIpc) is 2.94. The Labute approximate surface area is 231 Å². The van der Waals surface area contributed by atoms with Gasteiger partial charge in [-0.2, -0.15) is 0 Å². The molecule has 0 amide bonds. The van der Waals surface area contributed by atoms with Crippen molar-refractivity contribution in [1.29, 1.82) is 1.28 Å². The summed E-state index contributed by atoms with van der Waals surface area (Å²) in [5, 5.41) is 12.3. The van der Waals surface area contributed by atoms with Crippen LogP contribution >= 0.6 is 18.9 Å². The van der Waals surface area contributed by atoms with Crippen LogP contribution in [0, 0.1) is 23.7 Å². The molecule has 0 radical (unpaired) electrons. The Morgan fingerprint density at radius 1 is 0.892 bits per heavy atom. The summed E-state index contributed by atoms with van der Waals surface area (Å²) in [7, 11) is 2.22. The first-order chi connectivity index (χ1) is 18.5. The van der Waals surface area contributed by atoms with Crippen LogP contribution < -0.4 is 0 Å². The van der Waals surface area contributed by atoms with Crippen molar-refractivity contribution in [3.8, 4) is 0 Å². The number of nitrogens with zero attached hydrogens (tertiary/aromatic N) is 1. The molecule has 5 rings (SSSR count). The second kappa shape index (κ2) is 13.5. The fourth-order valence-electron chi connectivity index (χ4n) is 8.73. The summed E-state index contributed by atoms with van der Waals surface area (Å²) in [6.45, 7) is 6.53. The van der Waals surface area contributed by atoms with Crippen LogP contribution in [0.3, 0.4) is 0 Å². The zero-order valence-electron chi connectivity index (χ0n) is 24.0. The van der Waals surface area contributed by atoms with Crippen LogP contribution in [0.5, 0.6) is 0 Å². The van der Waals surface area contributed by atoms with Crippen molar-refractivity contribution in [2.24, 2.45) is 23.7 Å². The topological polar surface area (TPSA) is 60.4 Å². The SMILES string of the molecule is [3H]POC1CCC2C(C1)OC(C1CCC(OCCN3CCCCC3)CC1)C(C1CCC(OP)CC1)C2(C)O. The van der Waals surface area contributed by atoms with Crippen LogP contribution in [0.4, 0.5) is 0 Å². The van der Waals surface area contributed by atoms with Gasteiger partial charge in [-0.1, -0.05) is 6.42 Å². The van der Waals surface area contributed by atoms with Crippen molar-refractivity contribution < 1.29 is 23.6 Å². The van der Waals surface area contributed by atoms with E-state index in [9.17, 15) is 5.11 Å². The molecule has 5 aliphatic rings. The highest BCUT2D eigenvalue weighted by Crippen LogP contribution is 2.53. The number of likely N-dealkylation sites (tertiary alicyclic amines) is 1. The van der Waals surface area contributed by atoms with Gasteiger partial charge in [0.15, 0.2) is 0 Å². The van der Waals surface area contributed by atoms with Crippen molar-refractivity contribution in [3.05, 3.63) is 0 Å². The molecule has 3 saturated carbocycles. The lowest BCUT2D eigenvalue weighted by Crippen LogP contribution is -2.64. The molecule has 8 atom stereocenters. The molecule has 6 nitrogen and oxygen atoms in total. The van der Waals surface area contributed by atoms with Crippen molar-refractivity contribution in [1.82, 2.24) is 4.90 Å². The molecule has 8 unspecified atom stereocenters. The smallest absolute Gasteiger partial charge is 0.0851 e. The number of fused-ring (bicyclic) bond motifs is 1. The van der Waals surface area contributed by atoms with E-state index >= 15 is 0 Å². The van der Waals surface area contributed by atoms with E-state index in [1.54, 1.807) is 0 Å². The maximum Gasteiger partial charge on any atom is 0.0851 e. The quantitative estimate of drug-likeness (QED) is 0.376. The molecule has 0 aromatic heterocycles. The molecular formula is C29H53NO5P2. The zero-order chi connectivity index (χ0) is 26.5. The summed E-state index contributed by atoms with van der Waals surface area (Å²) in [6.07, 6.45) is 16.5. The maximum absolute atomic E-state index is 12.3. The van der Waals surface area contributed by atoms with Crippen LogP contribution in [-0.2, 0) is 18.5 Å². The van der Waals surface area contributed by atoms with E-state index < -0.39 is 5.60 Å². The van der Waals surface area contributed by atoms with Gasteiger partial charge in [0.05, 0.1) is 44.0 Å². The standard InChI is InChI=1S/C29H53NO5P2/c1-29(31)25-14-13-24(35-37)19-26(25)33-28(27(29)20-5-11-23(34-36)12-6-20)21-7-9-22(10-8-21)32-18-17-30-15-3-2-4-16-30/h20-28,31H,2-19,36-37H2,1H3/i37T. The van der Waals surface area contributed by atoms with E-state index in [-0.39, 0.29) is 39.6 Å². The van der Waals surface area contributed by atoms with Gasteiger partial charge in [-0.15, -0.1) is 0 Å². The second-order valence-electron chi connectivity index (χ2n) is 13.0. The second-order valence-corrected chi connectivity index (χ2v) is 13.5. The lowest BCUT2D eigenvalue weighted by Gasteiger charge is -2.58. The average molecular weight is 560 g/mol. The molecule has 0 aromatic rings. The van der Waals surface area contributed by atoms with Gasteiger partial charge in [0, 0.05) is 43.7 Å². The van der Waals surface area contributed by atoms with Crippen LogP contribution in [0.15, 0.2) is 0 Å². The summed E-state index contributed by atoms with van der Waals surface area (Å²) in [5.41, 5.74) is -0.733. The predicted molar refractivity (Wildman–Crippen MR) is 153 cm³/mol. The highest BCUT2D eigenvalue weighted by atomic mass is 31.0. The molecule has 8 heteroatoms. The van der Waals surface area contributed by atoms with Gasteiger partial charge in [-0.25, -0.2) is 0 Å². The normalized spacial score (nSPS) is 46.6. The fraction of sp³-hybridized carbons (Fsp3) is 1.00. The highest BCUT2D eigenvalue weighted by molar-refractivity contribution is 7.10. The summed E-state index contributed by atoms with van der Waals surface area (Å²) in [5.74, 6) is 1.29. The molecule has 0 bridgehead atoms. The van der Waals surface area contributed by atoms with E-state index in [1.807, 2.05) is 0 Å². The molecule has 5 fully saturated rings. The minimum atomic E-state index is -0.733. The fourth-order valence-corrected chi connectivity index (χ4v) is 9.22. The molecule has 0 spiro atoms. The molecule has 3 aliphatic carbocycles. The molecule has 1 N–H and O–H groups in total. The third kappa shape index (κ3) is 6.92. The summed E-state index contributed by atoms with van der Waals surface area (Å²) in [6, 6.07) is 0. The van der Waals surface area contributed by atoms with Crippen LogP contribution in [0.1, 0.15) is 96.8 Å². The van der Waals surface area contributed by atoms with E-state index in [4.69, 9.17) is 19.8 Å². The zero-order valence-corrected chi connectivity index (χ0v) is 25.2. The van der Waals surface area contributed by atoms with Gasteiger partial charge in [-0.3, -0.25) is 0 Å². The largest absolute Gasteiger partial charge is 0.389 e. The van der Waals surface area contributed by atoms with Crippen molar-refractivity contribution in [2.75, 3.05) is 26.2 Å². The predicted octanol–water partition coefficient (Wildman–Crippen LogP) is 5.52. The molecule has 37 heavy (non-hydrogen) atoms. The molecule has 2 aliphatic heterocycles. The van der Waals surface area contributed by atoms with Crippen molar-refractivity contribution >= 4 is 18.9 Å². The van der Waals surface area contributed by atoms with Gasteiger partial charge in [0.2, 0.25) is 0 Å². The van der Waals surface area contributed by atoms with Gasteiger partial charge in [-0.05, 0) is 109 Å². The number of hydrogen-bond acceptors (Lipinski definition) is 6. The van der Waals surface area contributed by atoms with Gasteiger partial charge < -0.3 is 28.5 Å². The van der Waals surface area contributed by atoms with Gasteiger partial charge in [0.1, 0.15) is 0 Å². The Morgan fingerprint density at radius 2 is 1.57 bits per heavy atom. The molecule has 0 aromatic carbocycles. The number of piperidine rings is 1. The Morgan fingerprint density at radius 3 is 2.27 bits per heavy atom. The van der Waals surface area contributed by atoms with E-state index in [0.717, 1.165) is 83.8 Å². The number of ether oxygens (including phenoxy) is 2. The van der Waals surface area contributed by atoms with Crippen LogP contribution in [0.25, 0.3) is 0 Å². The summed E-state index contributed by atoms with van der Waals surface area (Å²) in [4.78, 5) is 2.56. The molecular weight excluding hydrogens is 504 g/mol. The first-order valence-electron chi connectivity index (χ1n) is 15.9. The first-order valence-corrected chi connectivity index (χ1v) is 16.3. The molecule has 2 heterocycles. The first kappa shape index (κ1) is 27.8. The maximum atomic E-state index is 12.3. The van der Waals surface area contributed by atoms with Gasteiger partial charge in [0.25, 0.3) is 0 Å². The molecule has 214 valence electrons. The Kier molecular flexibility index (Phi) is 10.1. The Bertz CT molecular complexity index is 713. The Balaban J connectivity index is 1.22. The Hall–Kier alpha value is 0.620. The lowest BCUT2D eigenvalue weighted by atomic mass is 9.58. The lowest BCUT2D eigenvalue weighted by molar-refractivity contribution is -0.262. The van der Waals surface area contributed by atoms with Gasteiger partial charge >= 0.3 is 0 Å². The van der Waals surface area contributed by atoms with Crippen molar-refractivity contribution in [2.45, 2.75) is 133 Å². The van der Waals surface area contributed by atoms with Crippen LogP contribution in [-0.4, -0.2) is 73.6 Å². The third-order valence-corrected chi connectivity index (χ3v) is 11.6. The number of hydrogen-bond donors (Lipinski definition) is 1. The highest BCUT2D eigenvalue weighted by Gasteiger charge is 2.58. The minimum Gasteiger partial charge on any atom is -0.389 e. The van der Waals surface area contributed by atoms with Crippen LogP contribution in [0.2, 0.25) is 0 Å². The third-order valence-electron chi connectivity index (χ3n) is 10.8. The minimum absolute atomic E-state index is 0.0339. The monoisotopic (exact) mass is 559 g/mol. The van der Waals surface area contributed by atoms with E-state index in [1.165, 1.54) is 32.4 Å². The summed E-state index contributed by atoms with van der Waals surface area (Å²) < 4.78 is 32.4. The van der Waals surface area contributed by atoms with E-state index in [2.05, 4.69) is 21.3 Å². The van der Waals surface area contributed by atoms with Crippen molar-refractivity contribution in [3.63, 3.8) is 0 Å². The molecule has 2 saturated heterocycles.